The first-order valence-electron chi connectivity index (χ1n) is 5.32. The van der Waals surface area contributed by atoms with E-state index < -0.39 is 0 Å². The van der Waals surface area contributed by atoms with E-state index in [9.17, 15) is 10.1 Å². The van der Waals surface area contributed by atoms with Crippen LogP contribution in [0.2, 0.25) is 0 Å². The van der Waals surface area contributed by atoms with Crippen molar-refractivity contribution < 1.29 is 4.92 Å². The van der Waals surface area contributed by atoms with E-state index in [2.05, 4.69) is 0 Å². The normalized spacial score (nSPS) is 12.0. The third-order valence-electron chi connectivity index (χ3n) is 3.18. The molecule has 0 atom stereocenters. The van der Waals surface area contributed by atoms with Crippen molar-refractivity contribution in [3.63, 3.8) is 0 Å². The van der Waals surface area contributed by atoms with Gasteiger partial charge in [0, 0.05) is 18.2 Å². The van der Waals surface area contributed by atoms with Crippen LogP contribution in [0.5, 0.6) is 0 Å². The quantitative estimate of drug-likeness (QED) is 0.394. The van der Waals surface area contributed by atoms with E-state index in [0.29, 0.717) is 17.7 Å². The number of anilines is 1. The number of hydrogen-bond donors (Lipinski definition) is 1. The van der Waals surface area contributed by atoms with Crippen molar-refractivity contribution >= 4 is 11.4 Å². The van der Waals surface area contributed by atoms with Crippen LogP contribution in [0.15, 0.2) is 36.4 Å². The average Bonchev–Trinajstić information content (AvgIpc) is 2.69. The molecule has 2 N–H and O–H groups in total. The summed E-state index contributed by atoms with van der Waals surface area (Å²) in [5, 5.41) is 11.0. The lowest BCUT2D eigenvalue weighted by molar-refractivity contribution is -0.384. The maximum atomic E-state index is 11.0. The first-order chi connectivity index (χ1) is 8.18. The maximum Gasteiger partial charge on any atom is 0.277 e. The van der Waals surface area contributed by atoms with Crippen LogP contribution in [0.4, 0.5) is 11.4 Å². The lowest BCUT2D eigenvalue weighted by Gasteiger charge is -2.04. The molecule has 4 nitrogen and oxygen atoms in total. The van der Waals surface area contributed by atoms with E-state index in [-0.39, 0.29) is 10.6 Å². The Morgan fingerprint density at radius 2 is 1.94 bits per heavy atom. The molecule has 0 amide bonds. The van der Waals surface area contributed by atoms with Gasteiger partial charge in [-0.15, -0.1) is 0 Å². The second-order valence-corrected chi connectivity index (χ2v) is 4.12. The lowest BCUT2D eigenvalue weighted by Crippen LogP contribution is -1.97. The fraction of sp³-hybridized carbons (Fsp3) is 0.0769. The molecule has 0 fully saturated rings. The van der Waals surface area contributed by atoms with E-state index in [1.165, 1.54) is 6.07 Å². The van der Waals surface area contributed by atoms with E-state index in [1.54, 1.807) is 6.07 Å². The summed E-state index contributed by atoms with van der Waals surface area (Å²) in [6, 6.07) is 10.8. The van der Waals surface area contributed by atoms with Crippen LogP contribution in [0.3, 0.4) is 0 Å². The Morgan fingerprint density at radius 3 is 2.71 bits per heavy atom. The number of nitro groups is 1. The molecule has 1 aliphatic carbocycles. The van der Waals surface area contributed by atoms with Gasteiger partial charge in [-0.1, -0.05) is 24.3 Å². The molecule has 0 spiro atoms. The van der Waals surface area contributed by atoms with Crippen molar-refractivity contribution in [2.75, 3.05) is 5.73 Å². The lowest BCUT2D eigenvalue weighted by atomic mass is 10.0. The largest absolute Gasteiger partial charge is 0.398 e. The number of nitro benzene ring substituents is 1. The Bertz CT molecular complexity index is 635. The number of nitrogen functional groups attached to an aromatic ring is 1. The van der Waals surface area contributed by atoms with Crippen LogP contribution in [0, 0.1) is 10.1 Å². The van der Waals surface area contributed by atoms with Crippen LogP contribution in [-0.2, 0) is 6.42 Å². The van der Waals surface area contributed by atoms with Gasteiger partial charge in [0.1, 0.15) is 0 Å². The molecule has 84 valence electrons. The highest BCUT2D eigenvalue weighted by Crippen LogP contribution is 2.44. The molecule has 0 unspecified atom stereocenters. The number of nitrogens with zero attached hydrogens (tertiary/aromatic N) is 1. The molecule has 3 rings (SSSR count). The van der Waals surface area contributed by atoms with Crippen molar-refractivity contribution in [3.05, 3.63) is 57.6 Å². The maximum absolute atomic E-state index is 11.0. The Labute approximate surface area is 97.8 Å². The molecule has 0 heterocycles. The molecule has 4 heteroatoms. The molecule has 17 heavy (non-hydrogen) atoms. The van der Waals surface area contributed by atoms with Gasteiger partial charge in [0.25, 0.3) is 5.69 Å². The summed E-state index contributed by atoms with van der Waals surface area (Å²) >= 11 is 0. The third-order valence-corrected chi connectivity index (χ3v) is 3.18. The fourth-order valence-corrected chi connectivity index (χ4v) is 2.40. The predicted octanol–water partition coefficient (Wildman–Crippen LogP) is 2.75. The van der Waals surface area contributed by atoms with Crippen molar-refractivity contribution in [1.29, 1.82) is 0 Å². The molecule has 0 saturated heterocycles. The molecule has 2 aromatic carbocycles. The van der Waals surface area contributed by atoms with E-state index in [0.717, 1.165) is 16.7 Å². The van der Waals surface area contributed by atoms with Crippen LogP contribution in [0.25, 0.3) is 11.1 Å². The molecule has 0 aromatic heterocycles. The Kier molecular flexibility index (Phi) is 1.92. The van der Waals surface area contributed by atoms with Gasteiger partial charge in [-0.25, -0.2) is 0 Å². The second-order valence-electron chi connectivity index (χ2n) is 4.12. The molecule has 0 saturated carbocycles. The van der Waals surface area contributed by atoms with Crippen molar-refractivity contribution in [1.82, 2.24) is 0 Å². The molecule has 2 aromatic rings. The van der Waals surface area contributed by atoms with Crippen LogP contribution in [0.1, 0.15) is 11.1 Å². The number of fused-ring (bicyclic) bond motifs is 3. The minimum Gasteiger partial charge on any atom is -0.398 e. The first kappa shape index (κ1) is 9.84. The topological polar surface area (TPSA) is 69.2 Å². The summed E-state index contributed by atoms with van der Waals surface area (Å²) < 4.78 is 0. The monoisotopic (exact) mass is 226 g/mol. The van der Waals surface area contributed by atoms with Gasteiger partial charge in [-0.05, 0) is 22.8 Å². The highest BCUT2D eigenvalue weighted by molar-refractivity contribution is 5.87. The number of rotatable bonds is 1. The smallest absolute Gasteiger partial charge is 0.277 e. The molecule has 0 radical (unpaired) electrons. The molecular weight excluding hydrogens is 216 g/mol. The standard InChI is InChI=1S/C13H10N2O2/c14-11-5-6-12(15(16)17)13-9-4-2-1-3-8(9)7-10(11)13/h1-6H,7,14H2. The molecule has 0 aliphatic heterocycles. The highest BCUT2D eigenvalue weighted by Gasteiger charge is 2.28. The van der Waals surface area contributed by atoms with Gasteiger partial charge in [0.15, 0.2) is 0 Å². The SMILES string of the molecule is Nc1ccc([N+](=O)[O-])c2c1Cc1ccccc1-2. The van der Waals surface area contributed by atoms with Crippen molar-refractivity contribution in [2.24, 2.45) is 0 Å². The first-order valence-corrected chi connectivity index (χ1v) is 5.32. The zero-order valence-corrected chi connectivity index (χ0v) is 9.01. The van der Waals surface area contributed by atoms with Crippen LogP contribution < -0.4 is 5.73 Å². The summed E-state index contributed by atoms with van der Waals surface area (Å²) in [6.45, 7) is 0. The van der Waals surface area contributed by atoms with Gasteiger partial charge < -0.3 is 5.73 Å². The third kappa shape index (κ3) is 1.30. The summed E-state index contributed by atoms with van der Waals surface area (Å²) in [6.07, 6.45) is 0.680. The minimum atomic E-state index is -0.347. The fourth-order valence-electron chi connectivity index (χ4n) is 2.40. The van der Waals surface area contributed by atoms with Crippen LogP contribution in [-0.4, -0.2) is 4.92 Å². The highest BCUT2D eigenvalue weighted by atomic mass is 16.6. The molecule has 1 aliphatic rings. The second kappa shape index (κ2) is 3.31. The minimum absolute atomic E-state index is 0.138. The van der Waals surface area contributed by atoms with Gasteiger partial charge in [-0.3, -0.25) is 10.1 Å². The zero-order chi connectivity index (χ0) is 12.0. The molecule has 0 bridgehead atoms. The molecular formula is C13H10N2O2. The number of hydrogen-bond acceptors (Lipinski definition) is 3. The van der Waals surface area contributed by atoms with Crippen molar-refractivity contribution in [2.45, 2.75) is 6.42 Å². The predicted molar refractivity (Wildman–Crippen MR) is 65.8 cm³/mol. The summed E-state index contributed by atoms with van der Waals surface area (Å²) in [4.78, 5) is 10.7. The number of nitrogens with two attached hydrogens (primary N) is 1. The Hall–Kier alpha value is -2.36. The summed E-state index contributed by atoms with van der Waals surface area (Å²) in [5.74, 6) is 0. The summed E-state index contributed by atoms with van der Waals surface area (Å²) in [5.41, 5.74) is 10.3. The van der Waals surface area contributed by atoms with Gasteiger partial charge in [0.05, 0.1) is 10.5 Å². The Balaban J connectivity index is 2.37. The van der Waals surface area contributed by atoms with Crippen LogP contribution >= 0.6 is 0 Å². The van der Waals surface area contributed by atoms with Gasteiger partial charge in [-0.2, -0.15) is 0 Å². The van der Waals surface area contributed by atoms with E-state index in [1.807, 2.05) is 24.3 Å². The zero-order valence-electron chi connectivity index (χ0n) is 9.01. The number of benzene rings is 2. The Morgan fingerprint density at radius 1 is 1.18 bits per heavy atom. The van der Waals surface area contributed by atoms with E-state index >= 15 is 0 Å². The van der Waals surface area contributed by atoms with E-state index in [4.69, 9.17) is 5.73 Å². The average molecular weight is 226 g/mol. The van der Waals surface area contributed by atoms with Gasteiger partial charge >= 0.3 is 0 Å². The van der Waals surface area contributed by atoms with Gasteiger partial charge in [0.2, 0.25) is 0 Å². The summed E-state index contributed by atoms with van der Waals surface area (Å²) in [7, 11) is 0. The van der Waals surface area contributed by atoms with Crippen molar-refractivity contribution in [3.8, 4) is 11.1 Å².